The molecule has 1 N–H and O–H groups in total. The average molecular weight is 402 g/mol. The fraction of sp³-hybridized carbons (Fsp3) is 0.346. The molecule has 2 aliphatic rings. The van der Waals surface area contributed by atoms with E-state index in [2.05, 4.69) is 53.8 Å². The number of pyridine rings is 1. The molecule has 2 aromatic heterocycles. The average Bonchev–Trinajstić information content (AvgIpc) is 3.31. The summed E-state index contributed by atoms with van der Waals surface area (Å²) in [5.41, 5.74) is 8.27. The van der Waals surface area contributed by atoms with E-state index in [1.807, 2.05) is 24.5 Å². The number of hydrogen-bond donors (Lipinski definition) is 1. The van der Waals surface area contributed by atoms with Crippen molar-refractivity contribution in [2.24, 2.45) is 5.41 Å². The van der Waals surface area contributed by atoms with Gasteiger partial charge in [0.15, 0.2) is 0 Å². The number of aromatic amines is 1. The topological polar surface area (TPSA) is 31.9 Å². The molecular formula is C26H28FN3. The molecule has 154 valence electrons. The quantitative estimate of drug-likeness (QED) is 0.577. The number of hydrogen-bond acceptors (Lipinski definition) is 2. The molecule has 2 aliphatic heterocycles. The lowest BCUT2D eigenvalue weighted by molar-refractivity contribution is 0.209. The van der Waals surface area contributed by atoms with Crippen molar-refractivity contribution in [1.82, 2.24) is 14.9 Å². The zero-order valence-electron chi connectivity index (χ0n) is 17.9. The van der Waals surface area contributed by atoms with Crippen LogP contribution in [0.4, 0.5) is 4.39 Å². The van der Waals surface area contributed by atoms with Crippen molar-refractivity contribution in [2.45, 2.75) is 39.7 Å². The minimum atomic E-state index is -0.217. The molecule has 5 rings (SSSR count). The Morgan fingerprint density at radius 1 is 1.03 bits per heavy atom. The highest BCUT2D eigenvalue weighted by atomic mass is 19.1. The monoisotopic (exact) mass is 401 g/mol. The van der Waals surface area contributed by atoms with Crippen LogP contribution in [0.25, 0.3) is 28.0 Å². The van der Waals surface area contributed by atoms with E-state index in [0.29, 0.717) is 6.04 Å². The molecule has 0 spiro atoms. The first-order chi connectivity index (χ1) is 14.4. The Kier molecular flexibility index (Phi) is 4.62. The van der Waals surface area contributed by atoms with Gasteiger partial charge in [-0.2, -0.15) is 0 Å². The van der Waals surface area contributed by atoms with Crippen molar-refractivity contribution >= 4 is 5.57 Å². The summed E-state index contributed by atoms with van der Waals surface area (Å²) in [6.45, 7) is 9.14. The van der Waals surface area contributed by atoms with E-state index >= 15 is 0 Å². The van der Waals surface area contributed by atoms with Gasteiger partial charge in [0.2, 0.25) is 0 Å². The largest absolute Gasteiger partial charge is 0.358 e. The minimum Gasteiger partial charge on any atom is -0.358 e. The second-order valence-electron chi connectivity index (χ2n) is 9.26. The van der Waals surface area contributed by atoms with Gasteiger partial charge in [0, 0.05) is 47.2 Å². The SMILES string of the molecule is Cc1[nH]c(-c2ccc(F)cc2)c(-c2ccncc2)c1C1=CC2CCCN2CC1(C)C. The number of benzene rings is 1. The molecular weight excluding hydrogens is 373 g/mol. The van der Waals surface area contributed by atoms with E-state index in [4.69, 9.17) is 0 Å². The number of H-pyrrole nitrogens is 1. The third-order valence-electron chi connectivity index (χ3n) is 6.66. The Balaban J connectivity index is 1.75. The van der Waals surface area contributed by atoms with Crippen LogP contribution in [-0.2, 0) is 0 Å². The van der Waals surface area contributed by atoms with Crippen LogP contribution in [0.5, 0.6) is 0 Å². The fourth-order valence-electron chi connectivity index (χ4n) is 5.27. The number of halogens is 1. The Labute approximate surface area is 177 Å². The molecule has 1 unspecified atom stereocenters. The molecule has 0 radical (unpaired) electrons. The molecule has 3 aromatic rings. The first kappa shape index (κ1) is 19.3. The van der Waals surface area contributed by atoms with Gasteiger partial charge in [-0.15, -0.1) is 0 Å². The van der Waals surface area contributed by atoms with Gasteiger partial charge in [0.05, 0.1) is 5.69 Å². The maximum Gasteiger partial charge on any atom is 0.123 e. The molecule has 1 atom stereocenters. The molecule has 4 heterocycles. The Hall–Kier alpha value is -2.72. The summed E-state index contributed by atoms with van der Waals surface area (Å²) in [5, 5.41) is 0. The fourth-order valence-corrected chi connectivity index (χ4v) is 5.27. The molecule has 3 nitrogen and oxygen atoms in total. The highest BCUT2D eigenvalue weighted by Crippen LogP contribution is 2.48. The van der Waals surface area contributed by atoms with Gasteiger partial charge in [-0.3, -0.25) is 9.88 Å². The summed E-state index contributed by atoms with van der Waals surface area (Å²) >= 11 is 0. The van der Waals surface area contributed by atoms with E-state index in [0.717, 1.165) is 29.1 Å². The highest BCUT2D eigenvalue weighted by molar-refractivity contribution is 5.94. The normalized spacial score (nSPS) is 20.8. The Morgan fingerprint density at radius 2 is 1.77 bits per heavy atom. The van der Waals surface area contributed by atoms with Crippen molar-refractivity contribution in [3.8, 4) is 22.4 Å². The number of rotatable bonds is 3. The Bertz CT molecular complexity index is 1090. The van der Waals surface area contributed by atoms with E-state index in [-0.39, 0.29) is 11.2 Å². The van der Waals surface area contributed by atoms with Crippen molar-refractivity contribution in [2.75, 3.05) is 13.1 Å². The van der Waals surface area contributed by atoms with Crippen LogP contribution in [-0.4, -0.2) is 34.0 Å². The zero-order chi connectivity index (χ0) is 20.9. The summed E-state index contributed by atoms with van der Waals surface area (Å²) in [6.07, 6.45) is 8.70. The molecule has 1 saturated heterocycles. The standard InChI is InChI=1S/C26H28FN3/c1-17-23(22-15-21-5-4-14-30(21)16-26(22,2)3)24(18-10-12-28-13-11-18)25(29-17)19-6-8-20(27)9-7-19/h6-13,15,21,29H,4-5,14,16H2,1-3H3. The minimum absolute atomic E-state index is 0.0512. The van der Waals surface area contributed by atoms with Gasteiger partial charge >= 0.3 is 0 Å². The smallest absolute Gasteiger partial charge is 0.123 e. The lowest BCUT2D eigenvalue weighted by Crippen LogP contribution is -2.42. The third kappa shape index (κ3) is 3.20. The van der Waals surface area contributed by atoms with Crippen LogP contribution in [0.3, 0.4) is 0 Å². The van der Waals surface area contributed by atoms with Crippen LogP contribution in [0.2, 0.25) is 0 Å². The third-order valence-corrected chi connectivity index (χ3v) is 6.66. The van der Waals surface area contributed by atoms with E-state index in [1.165, 1.54) is 48.2 Å². The van der Waals surface area contributed by atoms with Crippen LogP contribution in [0, 0.1) is 18.2 Å². The van der Waals surface area contributed by atoms with Gasteiger partial charge in [-0.05, 0) is 79.4 Å². The van der Waals surface area contributed by atoms with Crippen molar-refractivity contribution < 1.29 is 4.39 Å². The van der Waals surface area contributed by atoms with Crippen LogP contribution in [0.15, 0.2) is 54.9 Å². The van der Waals surface area contributed by atoms with Crippen molar-refractivity contribution in [1.29, 1.82) is 0 Å². The van der Waals surface area contributed by atoms with Crippen LogP contribution >= 0.6 is 0 Å². The number of nitrogens with one attached hydrogen (secondary N) is 1. The number of nitrogens with zero attached hydrogens (tertiary/aromatic N) is 2. The van der Waals surface area contributed by atoms with Crippen molar-refractivity contribution in [3.63, 3.8) is 0 Å². The maximum atomic E-state index is 13.6. The summed E-state index contributed by atoms with van der Waals surface area (Å²) in [4.78, 5) is 10.5. The van der Waals surface area contributed by atoms with E-state index in [9.17, 15) is 4.39 Å². The molecule has 1 aromatic carbocycles. The van der Waals surface area contributed by atoms with Gasteiger partial charge in [-0.25, -0.2) is 4.39 Å². The summed E-state index contributed by atoms with van der Waals surface area (Å²) in [6, 6.07) is 11.4. The van der Waals surface area contributed by atoms with Crippen LogP contribution in [0.1, 0.15) is 37.9 Å². The lowest BCUT2D eigenvalue weighted by atomic mass is 9.74. The Morgan fingerprint density at radius 3 is 2.50 bits per heavy atom. The second kappa shape index (κ2) is 7.21. The van der Waals surface area contributed by atoms with E-state index < -0.39 is 0 Å². The molecule has 0 saturated carbocycles. The van der Waals surface area contributed by atoms with Gasteiger partial charge in [0.1, 0.15) is 5.82 Å². The molecule has 1 fully saturated rings. The number of aromatic nitrogens is 2. The van der Waals surface area contributed by atoms with Crippen molar-refractivity contribution in [3.05, 3.63) is 71.9 Å². The van der Waals surface area contributed by atoms with Gasteiger partial charge < -0.3 is 4.98 Å². The van der Waals surface area contributed by atoms with Gasteiger partial charge in [0.25, 0.3) is 0 Å². The predicted molar refractivity (Wildman–Crippen MR) is 121 cm³/mol. The molecule has 0 aliphatic carbocycles. The van der Waals surface area contributed by atoms with E-state index in [1.54, 1.807) is 0 Å². The van der Waals surface area contributed by atoms with Gasteiger partial charge in [-0.1, -0.05) is 19.9 Å². The molecule has 30 heavy (non-hydrogen) atoms. The summed E-state index contributed by atoms with van der Waals surface area (Å²) in [7, 11) is 0. The number of fused-ring (bicyclic) bond motifs is 1. The summed E-state index contributed by atoms with van der Waals surface area (Å²) < 4.78 is 13.6. The first-order valence-corrected chi connectivity index (χ1v) is 10.8. The predicted octanol–water partition coefficient (Wildman–Crippen LogP) is 6.08. The lowest BCUT2D eigenvalue weighted by Gasteiger charge is -2.41. The first-order valence-electron chi connectivity index (χ1n) is 10.8. The summed E-state index contributed by atoms with van der Waals surface area (Å²) in [5.74, 6) is -0.217. The zero-order valence-corrected chi connectivity index (χ0v) is 17.9. The van der Waals surface area contributed by atoms with Crippen LogP contribution < -0.4 is 0 Å². The molecule has 0 amide bonds. The molecule has 4 heteroatoms. The maximum absolute atomic E-state index is 13.6. The molecule has 0 bridgehead atoms. The number of aryl methyl sites for hydroxylation is 1. The second-order valence-corrected chi connectivity index (χ2v) is 9.26. The highest BCUT2D eigenvalue weighted by Gasteiger charge is 2.39.